The lowest BCUT2D eigenvalue weighted by atomic mass is 9.95. The predicted octanol–water partition coefficient (Wildman–Crippen LogP) is 7.51. The molecular formula is C22H36SSi. The van der Waals surface area contributed by atoms with Crippen LogP contribution in [-0.4, -0.2) is 14.3 Å². The highest BCUT2D eigenvalue weighted by molar-refractivity contribution is 7.98. The van der Waals surface area contributed by atoms with E-state index >= 15 is 0 Å². The Bertz CT molecular complexity index is 541. The summed E-state index contributed by atoms with van der Waals surface area (Å²) in [6.45, 7) is 16.6. The summed E-state index contributed by atoms with van der Waals surface area (Å²) in [5.74, 6) is 4.17. The first-order chi connectivity index (χ1) is 11.3. The zero-order chi connectivity index (χ0) is 18.3. The lowest BCUT2D eigenvalue weighted by Gasteiger charge is -2.38. The van der Waals surface area contributed by atoms with Crippen LogP contribution in [0.15, 0.2) is 29.2 Å². The molecule has 0 saturated carbocycles. The molecule has 0 amide bonds. The van der Waals surface area contributed by atoms with Crippen molar-refractivity contribution in [1.82, 2.24) is 0 Å². The van der Waals surface area contributed by atoms with E-state index in [2.05, 4.69) is 90.5 Å². The van der Waals surface area contributed by atoms with Crippen molar-refractivity contribution in [2.24, 2.45) is 0 Å². The third kappa shape index (κ3) is 4.70. The van der Waals surface area contributed by atoms with Gasteiger partial charge < -0.3 is 0 Å². The van der Waals surface area contributed by atoms with Crippen molar-refractivity contribution in [3.8, 4) is 11.5 Å². The third-order valence-electron chi connectivity index (χ3n) is 5.42. The van der Waals surface area contributed by atoms with Gasteiger partial charge in [-0.25, -0.2) is 0 Å². The molecule has 1 unspecified atom stereocenters. The molecule has 0 nitrogen and oxygen atoms in total. The van der Waals surface area contributed by atoms with Gasteiger partial charge in [0.15, 0.2) is 0 Å². The standard InChI is InChI=1S/C22H36SSi/c1-9-12-20(21-13-10-11-14-22(21)23-8)15-16-24(17(2)3,18(4)5)19(6)7/h10-11,13-14,17-20H,9,12H2,1-8H3. The highest BCUT2D eigenvalue weighted by Crippen LogP contribution is 2.41. The number of hydrogen-bond donors (Lipinski definition) is 0. The number of benzene rings is 1. The first kappa shape index (κ1) is 21.4. The van der Waals surface area contributed by atoms with Gasteiger partial charge in [0.05, 0.1) is 0 Å². The highest BCUT2D eigenvalue weighted by Gasteiger charge is 2.41. The minimum atomic E-state index is -1.65. The summed E-state index contributed by atoms with van der Waals surface area (Å²) < 4.78 is 0. The van der Waals surface area contributed by atoms with Crippen LogP contribution >= 0.6 is 11.8 Å². The molecule has 0 aliphatic carbocycles. The smallest absolute Gasteiger partial charge is 0.130 e. The molecule has 1 aromatic rings. The van der Waals surface area contributed by atoms with E-state index in [1.165, 1.54) is 16.9 Å². The number of thioether (sulfide) groups is 1. The summed E-state index contributed by atoms with van der Waals surface area (Å²) in [5, 5.41) is 0. The lowest BCUT2D eigenvalue weighted by Crippen LogP contribution is -2.43. The van der Waals surface area contributed by atoms with Gasteiger partial charge in [-0.2, -0.15) is 0 Å². The summed E-state index contributed by atoms with van der Waals surface area (Å²) in [7, 11) is -1.65. The number of rotatable bonds is 7. The Kier molecular flexibility index (Phi) is 8.67. The van der Waals surface area contributed by atoms with Gasteiger partial charge in [0.1, 0.15) is 8.07 Å². The van der Waals surface area contributed by atoms with Gasteiger partial charge >= 0.3 is 0 Å². The van der Waals surface area contributed by atoms with Crippen LogP contribution in [0.4, 0.5) is 0 Å². The lowest BCUT2D eigenvalue weighted by molar-refractivity contribution is 0.723. The average Bonchev–Trinajstić information content (AvgIpc) is 2.53. The fourth-order valence-electron chi connectivity index (χ4n) is 4.19. The van der Waals surface area contributed by atoms with Crippen molar-refractivity contribution in [2.45, 2.75) is 88.7 Å². The molecule has 0 aliphatic rings. The van der Waals surface area contributed by atoms with Gasteiger partial charge in [-0.15, -0.1) is 23.2 Å². The SMILES string of the molecule is CCCC(C#C[Si](C(C)C)(C(C)C)C(C)C)c1ccccc1SC. The van der Waals surface area contributed by atoms with Gasteiger partial charge in [0.25, 0.3) is 0 Å². The predicted molar refractivity (Wildman–Crippen MR) is 115 cm³/mol. The van der Waals surface area contributed by atoms with E-state index < -0.39 is 8.07 Å². The Morgan fingerprint density at radius 1 is 0.958 bits per heavy atom. The average molecular weight is 361 g/mol. The molecule has 0 bridgehead atoms. The second-order valence-corrected chi connectivity index (χ2v) is 14.2. The van der Waals surface area contributed by atoms with E-state index in [0.717, 1.165) is 6.42 Å². The van der Waals surface area contributed by atoms with Crippen LogP contribution in [0.5, 0.6) is 0 Å². The molecule has 134 valence electrons. The molecule has 0 heterocycles. The van der Waals surface area contributed by atoms with Gasteiger partial charge in [-0.1, -0.05) is 73.1 Å². The fourth-order valence-corrected chi connectivity index (χ4v) is 10.1. The van der Waals surface area contributed by atoms with Crippen LogP contribution in [0.1, 0.15) is 72.8 Å². The summed E-state index contributed by atoms with van der Waals surface area (Å²) in [5.41, 5.74) is 7.47. The Morgan fingerprint density at radius 3 is 1.96 bits per heavy atom. The molecule has 0 saturated heterocycles. The van der Waals surface area contributed by atoms with Crippen LogP contribution in [0.2, 0.25) is 16.6 Å². The second kappa shape index (κ2) is 9.73. The van der Waals surface area contributed by atoms with E-state index in [1.807, 2.05) is 11.8 Å². The van der Waals surface area contributed by atoms with Crippen LogP contribution in [0, 0.1) is 11.5 Å². The maximum atomic E-state index is 3.95. The highest BCUT2D eigenvalue weighted by atomic mass is 32.2. The van der Waals surface area contributed by atoms with E-state index in [0.29, 0.717) is 22.5 Å². The van der Waals surface area contributed by atoms with E-state index in [9.17, 15) is 0 Å². The van der Waals surface area contributed by atoms with Crippen LogP contribution in [-0.2, 0) is 0 Å². The molecule has 0 radical (unpaired) electrons. The maximum absolute atomic E-state index is 3.95. The molecule has 0 spiro atoms. The molecule has 0 fully saturated rings. The van der Waals surface area contributed by atoms with Crippen LogP contribution < -0.4 is 0 Å². The summed E-state index contributed by atoms with van der Waals surface area (Å²) in [6, 6.07) is 8.82. The van der Waals surface area contributed by atoms with Crippen molar-refractivity contribution < 1.29 is 0 Å². The zero-order valence-electron chi connectivity index (χ0n) is 16.9. The van der Waals surface area contributed by atoms with E-state index in [-0.39, 0.29) is 0 Å². The zero-order valence-corrected chi connectivity index (χ0v) is 18.8. The van der Waals surface area contributed by atoms with E-state index in [4.69, 9.17) is 0 Å². The first-order valence-electron chi connectivity index (χ1n) is 9.46. The summed E-state index contributed by atoms with van der Waals surface area (Å²) in [6.07, 6.45) is 4.51. The van der Waals surface area contributed by atoms with Gasteiger partial charge in [0.2, 0.25) is 0 Å². The quantitative estimate of drug-likeness (QED) is 0.275. The normalized spacial score (nSPS) is 13.3. The molecule has 1 atom stereocenters. The molecule has 24 heavy (non-hydrogen) atoms. The van der Waals surface area contributed by atoms with Crippen molar-refractivity contribution >= 4 is 19.8 Å². The molecule has 1 rings (SSSR count). The molecule has 0 aromatic heterocycles. The van der Waals surface area contributed by atoms with Crippen molar-refractivity contribution in [3.05, 3.63) is 29.8 Å². The van der Waals surface area contributed by atoms with Gasteiger partial charge in [-0.05, 0) is 40.9 Å². The Labute approximate surface area is 156 Å². The Hall–Kier alpha value is -0.653. The van der Waals surface area contributed by atoms with E-state index in [1.54, 1.807) is 0 Å². The Morgan fingerprint density at radius 2 is 1.50 bits per heavy atom. The number of hydrogen-bond acceptors (Lipinski definition) is 1. The van der Waals surface area contributed by atoms with Gasteiger partial charge in [0, 0.05) is 10.8 Å². The molecule has 2 heteroatoms. The van der Waals surface area contributed by atoms with Crippen molar-refractivity contribution in [3.63, 3.8) is 0 Å². The molecular weight excluding hydrogens is 324 g/mol. The third-order valence-corrected chi connectivity index (χ3v) is 12.5. The molecule has 1 aromatic carbocycles. The fraction of sp³-hybridized carbons (Fsp3) is 0.636. The maximum Gasteiger partial charge on any atom is 0.145 e. The summed E-state index contributed by atoms with van der Waals surface area (Å²) >= 11 is 1.85. The van der Waals surface area contributed by atoms with Crippen LogP contribution in [0.3, 0.4) is 0 Å². The molecule has 0 N–H and O–H groups in total. The minimum Gasteiger partial charge on any atom is -0.130 e. The molecule has 0 aliphatic heterocycles. The van der Waals surface area contributed by atoms with Gasteiger partial charge in [-0.3, -0.25) is 0 Å². The second-order valence-electron chi connectivity index (χ2n) is 7.75. The Balaban J connectivity index is 3.36. The monoisotopic (exact) mass is 360 g/mol. The topological polar surface area (TPSA) is 0 Å². The first-order valence-corrected chi connectivity index (χ1v) is 12.9. The minimum absolute atomic E-state index is 0.377. The summed E-state index contributed by atoms with van der Waals surface area (Å²) in [4.78, 5) is 1.39. The van der Waals surface area contributed by atoms with Crippen LogP contribution in [0.25, 0.3) is 0 Å². The van der Waals surface area contributed by atoms with Crippen molar-refractivity contribution in [1.29, 1.82) is 0 Å². The largest absolute Gasteiger partial charge is 0.145 e. The van der Waals surface area contributed by atoms with Crippen molar-refractivity contribution in [2.75, 3.05) is 6.26 Å².